The number of rotatable bonds is 7. The molecular formula is C18H28O5. The fourth-order valence-electron chi connectivity index (χ4n) is 3.34. The molecule has 0 aromatic heterocycles. The molecule has 2 atom stereocenters. The van der Waals surface area contributed by atoms with Crippen molar-refractivity contribution in [2.45, 2.75) is 58.5 Å². The Labute approximate surface area is 138 Å². The van der Waals surface area contributed by atoms with E-state index in [4.69, 9.17) is 14.2 Å². The molecule has 2 unspecified atom stereocenters. The van der Waals surface area contributed by atoms with E-state index in [1.54, 1.807) is 13.8 Å². The summed E-state index contributed by atoms with van der Waals surface area (Å²) in [5, 5.41) is 0. The smallest absolute Gasteiger partial charge is 0.324 e. The van der Waals surface area contributed by atoms with Gasteiger partial charge in [-0.2, -0.15) is 0 Å². The van der Waals surface area contributed by atoms with Crippen molar-refractivity contribution in [1.82, 2.24) is 0 Å². The summed E-state index contributed by atoms with van der Waals surface area (Å²) >= 11 is 0. The quantitative estimate of drug-likeness (QED) is 0.312. The number of ether oxygens (including phenoxy) is 3. The molecule has 0 bridgehead atoms. The first-order chi connectivity index (χ1) is 11.1. The number of carbonyl (C=O) groups excluding carboxylic acids is 2. The first kappa shape index (κ1) is 18.0. The highest BCUT2D eigenvalue weighted by molar-refractivity contribution is 6.01. The standard InChI is InChI=1S/C18H28O5/c1-3-21-16(19)18(12-15-13-23-15,17(20)22-4-2)14-10-8-6-5-7-9-11-14/h8,10,14-15H,3-7,9,11-13H2,1-2H3/b10-8-. The van der Waals surface area contributed by atoms with Gasteiger partial charge in [0.25, 0.3) is 0 Å². The minimum Gasteiger partial charge on any atom is -0.465 e. The van der Waals surface area contributed by atoms with Gasteiger partial charge in [0.15, 0.2) is 5.41 Å². The van der Waals surface area contributed by atoms with E-state index in [1.807, 2.05) is 6.08 Å². The molecule has 1 aliphatic heterocycles. The highest BCUT2D eigenvalue weighted by atomic mass is 16.6. The van der Waals surface area contributed by atoms with Gasteiger partial charge < -0.3 is 14.2 Å². The molecule has 1 heterocycles. The van der Waals surface area contributed by atoms with Crippen LogP contribution in [-0.2, 0) is 23.8 Å². The van der Waals surface area contributed by atoms with Gasteiger partial charge >= 0.3 is 11.9 Å². The van der Waals surface area contributed by atoms with E-state index in [2.05, 4.69) is 6.08 Å². The van der Waals surface area contributed by atoms with Crippen LogP contribution in [0.4, 0.5) is 0 Å². The Hall–Kier alpha value is -1.36. The van der Waals surface area contributed by atoms with Gasteiger partial charge in [0.2, 0.25) is 0 Å². The zero-order chi connectivity index (χ0) is 16.7. The first-order valence-electron chi connectivity index (χ1n) is 8.77. The van der Waals surface area contributed by atoms with Gasteiger partial charge in [-0.1, -0.05) is 25.0 Å². The molecule has 5 nitrogen and oxygen atoms in total. The minimum atomic E-state index is -1.28. The van der Waals surface area contributed by atoms with Crippen molar-refractivity contribution < 1.29 is 23.8 Å². The molecular weight excluding hydrogens is 296 g/mol. The molecule has 23 heavy (non-hydrogen) atoms. The van der Waals surface area contributed by atoms with Crippen molar-refractivity contribution in [2.24, 2.45) is 11.3 Å². The second kappa shape index (κ2) is 8.48. The Balaban J connectivity index is 2.37. The molecule has 0 amide bonds. The van der Waals surface area contributed by atoms with Crippen molar-refractivity contribution in [3.63, 3.8) is 0 Å². The van der Waals surface area contributed by atoms with E-state index >= 15 is 0 Å². The predicted octanol–water partition coefficient (Wildman–Crippen LogP) is 3.02. The predicted molar refractivity (Wildman–Crippen MR) is 85.8 cm³/mol. The lowest BCUT2D eigenvalue weighted by Crippen LogP contribution is -2.48. The van der Waals surface area contributed by atoms with Gasteiger partial charge in [0.1, 0.15) is 0 Å². The molecule has 0 N–H and O–H groups in total. The molecule has 130 valence electrons. The second-order valence-electron chi connectivity index (χ2n) is 6.24. The number of epoxide rings is 1. The lowest BCUT2D eigenvalue weighted by Gasteiger charge is -2.35. The highest BCUT2D eigenvalue weighted by Gasteiger charge is 2.56. The zero-order valence-electron chi connectivity index (χ0n) is 14.2. The van der Waals surface area contributed by atoms with Crippen LogP contribution >= 0.6 is 0 Å². The average molecular weight is 324 g/mol. The number of esters is 2. The molecule has 1 saturated heterocycles. The summed E-state index contributed by atoms with van der Waals surface area (Å²) in [6, 6.07) is 0. The topological polar surface area (TPSA) is 65.1 Å². The van der Waals surface area contributed by atoms with Gasteiger partial charge in [0.05, 0.1) is 25.9 Å². The molecule has 1 aliphatic carbocycles. The van der Waals surface area contributed by atoms with Gasteiger partial charge in [-0.3, -0.25) is 9.59 Å². The Morgan fingerprint density at radius 3 is 2.35 bits per heavy atom. The van der Waals surface area contributed by atoms with Crippen molar-refractivity contribution in [1.29, 1.82) is 0 Å². The number of hydrogen-bond acceptors (Lipinski definition) is 5. The summed E-state index contributed by atoms with van der Waals surface area (Å²) in [5.41, 5.74) is -1.28. The fraction of sp³-hybridized carbons (Fsp3) is 0.778. The van der Waals surface area contributed by atoms with Crippen LogP contribution in [0.2, 0.25) is 0 Å². The third-order valence-corrected chi connectivity index (χ3v) is 4.62. The molecule has 2 rings (SSSR count). The number of allylic oxidation sites excluding steroid dienone is 2. The summed E-state index contributed by atoms with van der Waals surface area (Å²) in [5.74, 6) is -1.13. The van der Waals surface area contributed by atoms with Gasteiger partial charge in [0, 0.05) is 12.3 Å². The van der Waals surface area contributed by atoms with Crippen LogP contribution in [0.3, 0.4) is 0 Å². The number of hydrogen-bond donors (Lipinski definition) is 0. The lowest BCUT2D eigenvalue weighted by molar-refractivity contribution is -0.177. The van der Waals surface area contributed by atoms with Crippen molar-refractivity contribution in [3.8, 4) is 0 Å². The third kappa shape index (κ3) is 4.34. The fourth-order valence-corrected chi connectivity index (χ4v) is 3.34. The van der Waals surface area contributed by atoms with E-state index in [0.29, 0.717) is 13.0 Å². The third-order valence-electron chi connectivity index (χ3n) is 4.62. The van der Waals surface area contributed by atoms with Crippen LogP contribution in [0.5, 0.6) is 0 Å². The van der Waals surface area contributed by atoms with Crippen LogP contribution in [0.15, 0.2) is 12.2 Å². The zero-order valence-corrected chi connectivity index (χ0v) is 14.2. The summed E-state index contributed by atoms with van der Waals surface area (Å²) in [7, 11) is 0. The van der Waals surface area contributed by atoms with Crippen LogP contribution in [0, 0.1) is 11.3 Å². The van der Waals surface area contributed by atoms with E-state index in [1.165, 1.54) is 0 Å². The average Bonchev–Trinajstić information content (AvgIpc) is 3.29. The van der Waals surface area contributed by atoms with Crippen LogP contribution in [0.25, 0.3) is 0 Å². The number of carbonyl (C=O) groups is 2. The summed E-state index contributed by atoms with van der Waals surface area (Å²) < 4.78 is 15.9. The monoisotopic (exact) mass is 324 g/mol. The summed E-state index contributed by atoms with van der Waals surface area (Å²) in [6.07, 6.45) is 9.45. The van der Waals surface area contributed by atoms with Crippen molar-refractivity contribution >= 4 is 11.9 Å². The van der Waals surface area contributed by atoms with E-state index in [-0.39, 0.29) is 25.2 Å². The van der Waals surface area contributed by atoms with Crippen LogP contribution in [-0.4, -0.2) is 37.9 Å². The molecule has 2 aliphatic rings. The van der Waals surface area contributed by atoms with Gasteiger partial charge in [-0.05, 0) is 33.1 Å². The van der Waals surface area contributed by atoms with Crippen LogP contribution < -0.4 is 0 Å². The van der Waals surface area contributed by atoms with E-state index in [9.17, 15) is 9.59 Å². The van der Waals surface area contributed by atoms with Crippen molar-refractivity contribution in [2.75, 3.05) is 19.8 Å². The summed E-state index contributed by atoms with van der Waals surface area (Å²) in [6.45, 7) is 4.62. The van der Waals surface area contributed by atoms with Crippen molar-refractivity contribution in [3.05, 3.63) is 12.2 Å². The molecule has 0 spiro atoms. The molecule has 0 aromatic rings. The van der Waals surface area contributed by atoms with Crippen LogP contribution in [0.1, 0.15) is 52.4 Å². The SMILES string of the molecule is CCOC(=O)C(CC1CO1)(C(=O)OCC)C1/C=C\CCCCC1. The second-order valence-corrected chi connectivity index (χ2v) is 6.24. The maximum Gasteiger partial charge on any atom is 0.324 e. The Morgan fingerprint density at radius 2 is 1.78 bits per heavy atom. The largest absolute Gasteiger partial charge is 0.465 e. The minimum absolute atomic E-state index is 0.0531. The Bertz CT molecular complexity index is 421. The van der Waals surface area contributed by atoms with Gasteiger partial charge in [-0.25, -0.2) is 0 Å². The Kier molecular flexibility index (Phi) is 6.63. The maximum absolute atomic E-state index is 12.8. The molecule has 0 saturated carbocycles. The molecule has 5 heteroatoms. The normalized spacial score (nSPS) is 25.8. The lowest BCUT2D eigenvalue weighted by atomic mass is 9.69. The maximum atomic E-state index is 12.8. The molecule has 1 fully saturated rings. The van der Waals surface area contributed by atoms with Gasteiger partial charge in [-0.15, -0.1) is 0 Å². The van der Waals surface area contributed by atoms with E-state index < -0.39 is 17.4 Å². The first-order valence-corrected chi connectivity index (χ1v) is 8.77. The molecule has 0 aromatic carbocycles. The molecule has 0 radical (unpaired) electrons. The highest BCUT2D eigenvalue weighted by Crippen LogP contribution is 2.43. The Morgan fingerprint density at radius 1 is 1.13 bits per heavy atom. The van der Waals surface area contributed by atoms with E-state index in [0.717, 1.165) is 32.1 Å². The summed E-state index contributed by atoms with van der Waals surface area (Å²) in [4.78, 5) is 25.7.